The fourth-order valence-corrected chi connectivity index (χ4v) is 0.841. The van der Waals surface area contributed by atoms with Gasteiger partial charge in [-0.15, -0.1) is 0 Å². The first kappa shape index (κ1) is 9.04. The lowest BCUT2D eigenvalue weighted by Crippen LogP contribution is -1.98. The first-order chi connectivity index (χ1) is 3.95. The van der Waals surface area contributed by atoms with Crippen LogP contribution in [0.25, 0.3) is 0 Å². The molecule has 0 unspecified atom stereocenters. The molecule has 0 saturated carbocycles. The van der Waals surface area contributed by atoms with Gasteiger partial charge >= 0.3 is 12.7 Å². The predicted octanol–water partition coefficient (Wildman–Crippen LogP) is 0.149. The van der Waals surface area contributed by atoms with Gasteiger partial charge in [-0.25, -0.2) is 0 Å². The van der Waals surface area contributed by atoms with Gasteiger partial charge in [0.05, 0.1) is 0 Å². The van der Waals surface area contributed by atoms with Crippen LogP contribution in [0.2, 0.25) is 0 Å². The van der Waals surface area contributed by atoms with E-state index in [9.17, 15) is 4.79 Å². The van der Waals surface area contributed by atoms with Gasteiger partial charge < -0.3 is 14.3 Å². The lowest BCUT2D eigenvalue weighted by molar-refractivity contribution is -0.134. The van der Waals surface area contributed by atoms with Crippen molar-refractivity contribution in [2.45, 2.75) is 13.3 Å². The second-order valence-corrected chi connectivity index (χ2v) is 3.90. The van der Waals surface area contributed by atoms with Gasteiger partial charge in [0.2, 0.25) is 0 Å². The van der Waals surface area contributed by atoms with Crippen LogP contribution in [-0.4, -0.2) is 15.8 Å². The first-order valence-corrected chi connectivity index (χ1v) is 4.86. The topological polar surface area (TPSA) is 66.8 Å². The maximum Gasteiger partial charge on any atom is 0.377 e. The molecule has 0 fully saturated rings. The Kier molecular flexibility index (Phi) is 3.28. The fraction of sp³-hybridized carbons (Fsp3) is 0.667. The Morgan fingerprint density at radius 1 is 1.78 bits per heavy atom. The summed E-state index contributed by atoms with van der Waals surface area (Å²) in [6.45, 7) is -2.22. The maximum atomic E-state index is 10.2. The molecule has 0 atom stereocenters. The molecule has 0 amide bonds. The van der Waals surface area contributed by atoms with E-state index < -0.39 is 12.7 Å². The number of hydrogen-bond acceptors (Lipinski definition) is 3. The van der Waals surface area contributed by atoms with Crippen LogP contribution in [0.3, 0.4) is 0 Å². The summed E-state index contributed by atoms with van der Waals surface area (Å²) in [6, 6.07) is 0. The Morgan fingerprint density at radius 2 is 2.22 bits per heavy atom. The van der Waals surface area contributed by atoms with Gasteiger partial charge in [0.1, 0.15) is 0 Å². The SMILES string of the molecule is CCC(=O)OP(O)(O)=S. The van der Waals surface area contributed by atoms with E-state index in [2.05, 4.69) is 16.3 Å². The summed E-state index contributed by atoms with van der Waals surface area (Å²) in [4.78, 5) is 27.0. The Hall–Kier alpha value is 0.0400. The molecule has 0 spiro atoms. The molecule has 6 heteroatoms. The van der Waals surface area contributed by atoms with Crippen molar-refractivity contribution in [3.63, 3.8) is 0 Å². The maximum absolute atomic E-state index is 10.2. The number of carbonyl (C=O) groups is 1. The summed E-state index contributed by atoms with van der Waals surface area (Å²) in [6.07, 6.45) is 0.0967. The third-order valence-corrected chi connectivity index (χ3v) is 1.17. The van der Waals surface area contributed by atoms with Crippen molar-refractivity contribution in [2.24, 2.45) is 0 Å². The van der Waals surface area contributed by atoms with Crippen molar-refractivity contribution in [2.75, 3.05) is 0 Å². The van der Waals surface area contributed by atoms with Gasteiger partial charge in [-0.1, -0.05) is 6.92 Å². The molecule has 54 valence electrons. The summed E-state index contributed by atoms with van der Waals surface area (Å²) in [7, 11) is 0. The second kappa shape index (κ2) is 3.27. The van der Waals surface area contributed by atoms with E-state index >= 15 is 0 Å². The third-order valence-electron chi connectivity index (χ3n) is 0.509. The van der Waals surface area contributed by atoms with Crippen LogP contribution in [0, 0.1) is 0 Å². The van der Waals surface area contributed by atoms with Crippen molar-refractivity contribution < 1.29 is 19.1 Å². The highest BCUT2D eigenvalue weighted by atomic mass is 32.5. The molecular formula is C3H7O4PS. The van der Waals surface area contributed by atoms with Crippen LogP contribution < -0.4 is 0 Å². The van der Waals surface area contributed by atoms with Crippen LogP contribution in [0.15, 0.2) is 0 Å². The van der Waals surface area contributed by atoms with E-state index in [1.165, 1.54) is 6.92 Å². The Balaban J connectivity index is 3.75. The molecule has 0 rings (SSSR count). The standard InChI is InChI=1S/C3H7O4PS/c1-2-3(4)7-8(5,6)9/h2H2,1H3,(H2,5,6,9). The normalized spacial score (nSPS) is 11.0. The molecule has 0 aromatic rings. The average Bonchev–Trinajstić information content (AvgIpc) is 1.62. The van der Waals surface area contributed by atoms with E-state index in [0.717, 1.165) is 0 Å². The molecule has 0 saturated heterocycles. The number of rotatable bonds is 2. The van der Waals surface area contributed by atoms with E-state index in [4.69, 9.17) is 9.79 Å². The average molecular weight is 170 g/mol. The quantitative estimate of drug-likeness (QED) is 0.577. The highest BCUT2D eigenvalue weighted by molar-refractivity contribution is 8.06. The van der Waals surface area contributed by atoms with Gasteiger partial charge in [0, 0.05) is 18.2 Å². The van der Waals surface area contributed by atoms with Crippen LogP contribution in [-0.2, 0) is 21.1 Å². The number of hydrogen-bond donors (Lipinski definition) is 2. The largest absolute Gasteiger partial charge is 0.392 e. The summed E-state index contributed by atoms with van der Waals surface area (Å²) >= 11 is 4.01. The Bertz CT molecular complexity index is 150. The zero-order valence-corrected chi connectivity index (χ0v) is 6.48. The fourth-order valence-electron chi connectivity index (χ4n) is 0.197. The Labute approximate surface area is 57.7 Å². The van der Waals surface area contributed by atoms with Crippen molar-refractivity contribution in [1.29, 1.82) is 0 Å². The smallest absolute Gasteiger partial charge is 0.377 e. The second-order valence-electron chi connectivity index (χ2n) is 1.31. The van der Waals surface area contributed by atoms with Crippen LogP contribution in [0.4, 0.5) is 0 Å². The summed E-state index contributed by atoms with van der Waals surface area (Å²) < 4.78 is 3.98. The minimum Gasteiger partial charge on any atom is -0.392 e. The molecule has 0 aliphatic rings. The molecule has 0 aromatic carbocycles. The highest BCUT2D eigenvalue weighted by Gasteiger charge is 2.12. The van der Waals surface area contributed by atoms with Gasteiger partial charge in [-0.05, 0) is 0 Å². The summed E-state index contributed by atoms with van der Waals surface area (Å²) in [5, 5.41) is 0. The van der Waals surface area contributed by atoms with Crippen molar-refractivity contribution >= 4 is 24.5 Å². The predicted molar refractivity (Wildman–Crippen MR) is 35.1 cm³/mol. The zero-order chi connectivity index (χ0) is 7.49. The van der Waals surface area contributed by atoms with Gasteiger partial charge in [-0.3, -0.25) is 4.79 Å². The molecule has 9 heavy (non-hydrogen) atoms. The van der Waals surface area contributed by atoms with Crippen molar-refractivity contribution in [3.8, 4) is 0 Å². The highest BCUT2D eigenvalue weighted by Crippen LogP contribution is 2.36. The molecule has 0 heterocycles. The third kappa shape index (κ3) is 5.92. The van der Waals surface area contributed by atoms with E-state index in [0.29, 0.717) is 0 Å². The van der Waals surface area contributed by atoms with Crippen molar-refractivity contribution in [3.05, 3.63) is 0 Å². The van der Waals surface area contributed by atoms with Crippen LogP contribution in [0.5, 0.6) is 0 Å². The van der Waals surface area contributed by atoms with Crippen LogP contribution in [0.1, 0.15) is 13.3 Å². The van der Waals surface area contributed by atoms with E-state index in [-0.39, 0.29) is 6.42 Å². The molecule has 0 bridgehead atoms. The minimum absolute atomic E-state index is 0.0967. The zero-order valence-electron chi connectivity index (χ0n) is 4.77. The summed E-state index contributed by atoms with van der Waals surface area (Å²) in [5.74, 6) is -0.691. The van der Waals surface area contributed by atoms with Gasteiger partial charge in [0.25, 0.3) is 0 Å². The lowest BCUT2D eigenvalue weighted by atomic mass is 10.5. The number of carbonyl (C=O) groups excluding carboxylic acids is 1. The molecule has 0 radical (unpaired) electrons. The van der Waals surface area contributed by atoms with Gasteiger partial charge in [0.15, 0.2) is 0 Å². The molecule has 0 aliphatic carbocycles. The molecule has 4 nitrogen and oxygen atoms in total. The van der Waals surface area contributed by atoms with Gasteiger partial charge in [-0.2, -0.15) is 0 Å². The Morgan fingerprint density at radius 3 is 2.33 bits per heavy atom. The van der Waals surface area contributed by atoms with Crippen LogP contribution >= 0.6 is 6.72 Å². The van der Waals surface area contributed by atoms with E-state index in [1.54, 1.807) is 0 Å². The lowest BCUT2D eigenvalue weighted by Gasteiger charge is -2.05. The molecule has 0 aromatic heterocycles. The summed E-state index contributed by atoms with van der Waals surface area (Å²) in [5.41, 5.74) is 0. The first-order valence-electron chi connectivity index (χ1n) is 2.23. The van der Waals surface area contributed by atoms with E-state index in [1.807, 2.05) is 0 Å². The molecular weight excluding hydrogens is 163 g/mol. The molecule has 2 N–H and O–H groups in total. The monoisotopic (exact) mass is 170 g/mol. The minimum atomic E-state index is -3.75. The van der Waals surface area contributed by atoms with Crippen molar-refractivity contribution in [1.82, 2.24) is 0 Å². The molecule has 0 aliphatic heterocycles.